The summed E-state index contributed by atoms with van der Waals surface area (Å²) in [4.78, 5) is 14.5. The van der Waals surface area contributed by atoms with Gasteiger partial charge in [-0.1, -0.05) is 25.4 Å². The van der Waals surface area contributed by atoms with Gasteiger partial charge in [0.1, 0.15) is 0 Å². The number of hydrogen-bond acceptors (Lipinski definition) is 3. The standard InChI is InChI=1S/C16H22ClN3O/c1-4-19-15-7-6-13(17)10-14(15)16(21)20(9-5-8-18)11-12(2)3/h6-7,10,12,19H,4-5,9,11H2,1-3H3. The molecular weight excluding hydrogens is 286 g/mol. The quantitative estimate of drug-likeness (QED) is 0.834. The van der Waals surface area contributed by atoms with Gasteiger partial charge in [-0.15, -0.1) is 0 Å². The Morgan fingerprint density at radius 3 is 2.76 bits per heavy atom. The van der Waals surface area contributed by atoms with Crippen molar-refractivity contribution in [3.8, 4) is 6.07 Å². The zero-order chi connectivity index (χ0) is 15.8. The second kappa shape index (κ2) is 8.53. The molecule has 1 N–H and O–H groups in total. The van der Waals surface area contributed by atoms with E-state index in [2.05, 4.69) is 25.2 Å². The lowest BCUT2D eigenvalue weighted by molar-refractivity contribution is 0.0741. The van der Waals surface area contributed by atoms with E-state index in [0.717, 1.165) is 12.2 Å². The van der Waals surface area contributed by atoms with Crippen LogP contribution in [0.5, 0.6) is 0 Å². The monoisotopic (exact) mass is 307 g/mol. The van der Waals surface area contributed by atoms with Gasteiger partial charge in [0, 0.05) is 30.3 Å². The van der Waals surface area contributed by atoms with Gasteiger partial charge in [-0.25, -0.2) is 0 Å². The van der Waals surface area contributed by atoms with Gasteiger partial charge in [0.05, 0.1) is 18.1 Å². The highest BCUT2D eigenvalue weighted by Gasteiger charge is 2.20. The van der Waals surface area contributed by atoms with E-state index in [0.29, 0.717) is 36.0 Å². The van der Waals surface area contributed by atoms with Crippen LogP contribution in [0.25, 0.3) is 0 Å². The highest BCUT2D eigenvalue weighted by Crippen LogP contribution is 2.23. The summed E-state index contributed by atoms with van der Waals surface area (Å²) in [7, 11) is 0. The van der Waals surface area contributed by atoms with Crippen molar-refractivity contribution in [1.82, 2.24) is 4.90 Å². The summed E-state index contributed by atoms with van der Waals surface area (Å²) in [5.41, 5.74) is 1.33. The van der Waals surface area contributed by atoms with Gasteiger partial charge in [0.25, 0.3) is 5.91 Å². The van der Waals surface area contributed by atoms with Crippen LogP contribution in [-0.2, 0) is 0 Å². The molecule has 1 amide bonds. The molecule has 0 saturated carbocycles. The Kier molecular flexibility index (Phi) is 7.04. The first-order valence-corrected chi connectivity index (χ1v) is 7.57. The number of nitriles is 1. The molecule has 0 radical (unpaired) electrons. The van der Waals surface area contributed by atoms with E-state index in [-0.39, 0.29) is 5.91 Å². The van der Waals surface area contributed by atoms with E-state index >= 15 is 0 Å². The first kappa shape index (κ1) is 17.3. The maximum atomic E-state index is 12.8. The summed E-state index contributed by atoms with van der Waals surface area (Å²) < 4.78 is 0. The lowest BCUT2D eigenvalue weighted by Gasteiger charge is -2.25. The molecule has 0 heterocycles. The van der Waals surface area contributed by atoms with Crippen molar-refractivity contribution in [2.75, 3.05) is 25.0 Å². The number of amides is 1. The third-order valence-electron chi connectivity index (χ3n) is 2.95. The molecule has 0 fully saturated rings. The molecule has 1 aromatic rings. The highest BCUT2D eigenvalue weighted by atomic mass is 35.5. The maximum absolute atomic E-state index is 12.8. The van der Waals surface area contributed by atoms with Gasteiger partial charge in [0.2, 0.25) is 0 Å². The number of nitrogens with zero attached hydrogens (tertiary/aromatic N) is 2. The number of anilines is 1. The number of nitrogens with one attached hydrogen (secondary N) is 1. The molecule has 1 rings (SSSR count). The minimum Gasteiger partial charge on any atom is -0.385 e. The van der Waals surface area contributed by atoms with Gasteiger partial charge >= 0.3 is 0 Å². The van der Waals surface area contributed by atoms with E-state index in [1.165, 1.54) is 0 Å². The van der Waals surface area contributed by atoms with Crippen molar-refractivity contribution in [2.45, 2.75) is 27.2 Å². The molecule has 1 aromatic carbocycles. The van der Waals surface area contributed by atoms with Crippen LogP contribution >= 0.6 is 11.6 Å². The van der Waals surface area contributed by atoms with E-state index in [4.69, 9.17) is 16.9 Å². The number of benzene rings is 1. The molecule has 0 saturated heterocycles. The number of hydrogen-bond donors (Lipinski definition) is 1. The van der Waals surface area contributed by atoms with Crippen LogP contribution in [-0.4, -0.2) is 30.4 Å². The van der Waals surface area contributed by atoms with Crippen molar-refractivity contribution in [2.24, 2.45) is 5.92 Å². The SMILES string of the molecule is CCNc1ccc(Cl)cc1C(=O)N(CCC#N)CC(C)C. The van der Waals surface area contributed by atoms with Crippen LogP contribution in [0.2, 0.25) is 5.02 Å². The summed E-state index contributed by atoms with van der Waals surface area (Å²) in [6, 6.07) is 7.35. The third-order valence-corrected chi connectivity index (χ3v) is 3.18. The zero-order valence-electron chi connectivity index (χ0n) is 12.8. The molecule has 0 aliphatic heterocycles. The molecule has 0 unspecified atom stereocenters. The number of carbonyl (C=O) groups is 1. The van der Waals surface area contributed by atoms with Crippen molar-refractivity contribution in [1.29, 1.82) is 5.26 Å². The molecule has 21 heavy (non-hydrogen) atoms. The normalized spacial score (nSPS) is 10.3. The molecule has 4 nitrogen and oxygen atoms in total. The average molecular weight is 308 g/mol. The average Bonchev–Trinajstić information content (AvgIpc) is 2.44. The van der Waals surface area contributed by atoms with Crippen LogP contribution in [0.1, 0.15) is 37.6 Å². The summed E-state index contributed by atoms with van der Waals surface area (Å²) in [5.74, 6) is 0.256. The smallest absolute Gasteiger partial charge is 0.256 e. The number of carbonyl (C=O) groups excluding carboxylic acids is 1. The molecule has 0 bridgehead atoms. The minimum absolute atomic E-state index is 0.0857. The summed E-state index contributed by atoms with van der Waals surface area (Å²) in [6.45, 7) is 7.87. The molecule has 0 spiro atoms. The molecular formula is C16H22ClN3O. The Morgan fingerprint density at radius 1 is 1.48 bits per heavy atom. The molecule has 0 aliphatic carbocycles. The molecule has 0 atom stereocenters. The van der Waals surface area contributed by atoms with Gasteiger partial charge in [-0.3, -0.25) is 4.79 Å². The maximum Gasteiger partial charge on any atom is 0.256 e. The lowest BCUT2D eigenvalue weighted by atomic mass is 10.1. The second-order valence-corrected chi connectivity index (χ2v) is 5.71. The predicted molar refractivity (Wildman–Crippen MR) is 86.6 cm³/mol. The number of halogens is 1. The first-order chi connectivity index (χ1) is 9.99. The number of rotatable bonds is 7. The van der Waals surface area contributed by atoms with E-state index in [9.17, 15) is 4.79 Å². The summed E-state index contributed by atoms with van der Waals surface area (Å²) in [6.07, 6.45) is 0.329. The summed E-state index contributed by atoms with van der Waals surface area (Å²) >= 11 is 6.02. The van der Waals surface area contributed by atoms with Crippen molar-refractivity contribution in [3.63, 3.8) is 0 Å². The van der Waals surface area contributed by atoms with Crippen molar-refractivity contribution in [3.05, 3.63) is 28.8 Å². The molecule has 5 heteroatoms. The van der Waals surface area contributed by atoms with Gasteiger partial charge in [-0.05, 0) is 31.0 Å². The Hall–Kier alpha value is -1.73. The Morgan fingerprint density at radius 2 is 2.19 bits per heavy atom. The van der Waals surface area contributed by atoms with Crippen molar-refractivity contribution >= 4 is 23.2 Å². The lowest BCUT2D eigenvalue weighted by Crippen LogP contribution is -2.35. The van der Waals surface area contributed by atoms with Crippen LogP contribution in [0.4, 0.5) is 5.69 Å². The van der Waals surface area contributed by atoms with Gasteiger partial charge < -0.3 is 10.2 Å². The van der Waals surface area contributed by atoms with Gasteiger partial charge in [0.15, 0.2) is 0 Å². The third kappa shape index (κ3) is 5.28. The van der Waals surface area contributed by atoms with E-state index in [1.54, 1.807) is 17.0 Å². The predicted octanol–water partition coefficient (Wildman–Crippen LogP) is 3.78. The van der Waals surface area contributed by atoms with Crippen LogP contribution in [0.15, 0.2) is 18.2 Å². The molecule has 0 aliphatic rings. The topological polar surface area (TPSA) is 56.1 Å². The first-order valence-electron chi connectivity index (χ1n) is 7.19. The van der Waals surface area contributed by atoms with E-state index in [1.807, 2.05) is 13.0 Å². The Bertz CT molecular complexity index is 523. The fourth-order valence-electron chi connectivity index (χ4n) is 2.11. The molecule has 114 valence electrons. The largest absolute Gasteiger partial charge is 0.385 e. The van der Waals surface area contributed by atoms with Crippen LogP contribution < -0.4 is 5.32 Å². The fraction of sp³-hybridized carbons (Fsp3) is 0.500. The molecule has 0 aromatic heterocycles. The zero-order valence-corrected chi connectivity index (χ0v) is 13.6. The van der Waals surface area contributed by atoms with Gasteiger partial charge in [-0.2, -0.15) is 5.26 Å². The summed E-state index contributed by atoms with van der Waals surface area (Å²) in [5, 5.41) is 12.5. The second-order valence-electron chi connectivity index (χ2n) is 5.27. The highest BCUT2D eigenvalue weighted by molar-refractivity contribution is 6.31. The van der Waals surface area contributed by atoms with Crippen LogP contribution in [0.3, 0.4) is 0 Å². The van der Waals surface area contributed by atoms with E-state index < -0.39 is 0 Å². The Labute approximate surface area is 131 Å². The van der Waals surface area contributed by atoms with Crippen LogP contribution in [0, 0.1) is 17.2 Å². The minimum atomic E-state index is -0.0857. The van der Waals surface area contributed by atoms with Crippen molar-refractivity contribution < 1.29 is 4.79 Å². The fourth-order valence-corrected chi connectivity index (χ4v) is 2.28. The Balaban J connectivity index is 3.06.